The van der Waals surface area contributed by atoms with Gasteiger partial charge in [-0.15, -0.1) is 0 Å². The first kappa shape index (κ1) is 14.3. The van der Waals surface area contributed by atoms with Crippen LogP contribution in [0.15, 0.2) is 42.7 Å². The molecular weight excluding hydrogens is 290 g/mol. The van der Waals surface area contributed by atoms with Crippen molar-refractivity contribution in [3.05, 3.63) is 54.4 Å². The number of benzene rings is 1. The molecule has 0 saturated heterocycles. The van der Waals surface area contributed by atoms with Gasteiger partial charge in [-0.25, -0.2) is 18.7 Å². The van der Waals surface area contributed by atoms with E-state index in [0.717, 1.165) is 17.2 Å². The second kappa shape index (κ2) is 5.98. The Labute approximate surface area is 125 Å². The fraction of sp³-hybridized carbons (Fsp3) is 0.133. The van der Waals surface area contributed by atoms with Crippen LogP contribution in [0.1, 0.15) is 6.92 Å². The van der Waals surface area contributed by atoms with E-state index in [1.807, 2.05) is 0 Å². The Morgan fingerprint density at radius 3 is 2.77 bits per heavy atom. The van der Waals surface area contributed by atoms with Crippen molar-refractivity contribution in [2.75, 3.05) is 11.7 Å². The predicted molar refractivity (Wildman–Crippen MR) is 77.5 cm³/mol. The maximum absolute atomic E-state index is 14.0. The van der Waals surface area contributed by atoms with Gasteiger partial charge in [0.25, 0.3) is 5.95 Å². The van der Waals surface area contributed by atoms with Crippen LogP contribution < -0.4 is 5.06 Å². The van der Waals surface area contributed by atoms with Gasteiger partial charge in [0.1, 0.15) is 17.0 Å². The Kier molecular flexibility index (Phi) is 3.88. The molecular formula is C15H12F2N4O. The van der Waals surface area contributed by atoms with Crippen LogP contribution in [-0.2, 0) is 4.84 Å². The lowest BCUT2D eigenvalue weighted by Crippen LogP contribution is -2.21. The van der Waals surface area contributed by atoms with Gasteiger partial charge in [0, 0.05) is 12.3 Å². The highest BCUT2D eigenvalue weighted by Crippen LogP contribution is 2.27. The fourth-order valence-corrected chi connectivity index (χ4v) is 1.97. The molecule has 1 aromatic carbocycles. The summed E-state index contributed by atoms with van der Waals surface area (Å²) < 4.78 is 27.1. The molecule has 5 nitrogen and oxygen atoms in total. The number of aromatic nitrogens is 3. The third kappa shape index (κ3) is 2.71. The van der Waals surface area contributed by atoms with E-state index in [9.17, 15) is 8.78 Å². The van der Waals surface area contributed by atoms with Gasteiger partial charge in [-0.2, -0.15) is 5.06 Å². The minimum Gasteiger partial charge on any atom is -0.266 e. The molecule has 0 saturated carbocycles. The molecule has 22 heavy (non-hydrogen) atoms. The highest BCUT2D eigenvalue weighted by molar-refractivity contribution is 5.74. The molecule has 2 aromatic heterocycles. The van der Waals surface area contributed by atoms with Crippen LogP contribution in [0.5, 0.6) is 0 Å². The van der Waals surface area contributed by atoms with E-state index in [1.165, 1.54) is 12.3 Å². The van der Waals surface area contributed by atoms with Crippen LogP contribution in [0.25, 0.3) is 11.0 Å². The SMILES string of the molecule is CCON(c1ncc2ncccc2n1)c1ccc(F)cc1F. The molecule has 7 heteroatoms. The Balaban J connectivity index is 2.08. The largest absolute Gasteiger partial charge is 0.266 e. The normalized spacial score (nSPS) is 10.9. The summed E-state index contributed by atoms with van der Waals surface area (Å²) in [4.78, 5) is 18.0. The van der Waals surface area contributed by atoms with Gasteiger partial charge in [-0.05, 0) is 31.2 Å². The van der Waals surface area contributed by atoms with Crippen LogP contribution in [0.4, 0.5) is 20.4 Å². The summed E-state index contributed by atoms with van der Waals surface area (Å²) >= 11 is 0. The molecule has 0 N–H and O–H groups in total. The van der Waals surface area contributed by atoms with Gasteiger partial charge in [-0.1, -0.05) is 0 Å². The average Bonchev–Trinajstić information content (AvgIpc) is 2.53. The van der Waals surface area contributed by atoms with Crippen molar-refractivity contribution in [1.29, 1.82) is 0 Å². The number of fused-ring (bicyclic) bond motifs is 1. The van der Waals surface area contributed by atoms with Crippen molar-refractivity contribution in [2.45, 2.75) is 6.92 Å². The lowest BCUT2D eigenvalue weighted by molar-refractivity contribution is 0.144. The van der Waals surface area contributed by atoms with Crippen molar-refractivity contribution >= 4 is 22.7 Å². The second-order valence-electron chi connectivity index (χ2n) is 4.39. The number of pyridine rings is 1. The Bertz CT molecular complexity index is 812. The summed E-state index contributed by atoms with van der Waals surface area (Å²) in [6, 6.07) is 6.70. The predicted octanol–water partition coefficient (Wildman–Crippen LogP) is 3.39. The number of hydrogen-bond donors (Lipinski definition) is 0. The quantitative estimate of drug-likeness (QED) is 0.691. The second-order valence-corrected chi connectivity index (χ2v) is 4.39. The van der Waals surface area contributed by atoms with Gasteiger partial charge in [0.05, 0.1) is 18.3 Å². The summed E-state index contributed by atoms with van der Waals surface area (Å²) in [5.74, 6) is -1.28. The van der Waals surface area contributed by atoms with Crippen molar-refractivity contribution in [1.82, 2.24) is 15.0 Å². The van der Waals surface area contributed by atoms with E-state index in [2.05, 4.69) is 15.0 Å². The first-order valence-electron chi connectivity index (χ1n) is 6.65. The molecule has 0 aliphatic rings. The Morgan fingerprint density at radius 2 is 2.00 bits per heavy atom. The van der Waals surface area contributed by atoms with Gasteiger partial charge in [0.15, 0.2) is 5.82 Å². The maximum atomic E-state index is 14.0. The average molecular weight is 302 g/mol. The van der Waals surface area contributed by atoms with Crippen LogP contribution in [0.3, 0.4) is 0 Å². The van der Waals surface area contributed by atoms with E-state index < -0.39 is 11.6 Å². The van der Waals surface area contributed by atoms with Crippen LogP contribution in [0, 0.1) is 11.6 Å². The topological polar surface area (TPSA) is 51.1 Å². The summed E-state index contributed by atoms with van der Waals surface area (Å²) in [6.07, 6.45) is 3.15. The summed E-state index contributed by atoms with van der Waals surface area (Å²) in [6.45, 7) is 2.02. The highest BCUT2D eigenvalue weighted by Gasteiger charge is 2.18. The lowest BCUT2D eigenvalue weighted by atomic mass is 10.3. The van der Waals surface area contributed by atoms with Gasteiger partial charge < -0.3 is 0 Å². The molecule has 0 atom stereocenters. The fourth-order valence-electron chi connectivity index (χ4n) is 1.97. The molecule has 0 amide bonds. The number of rotatable bonds is 4. The highest BCUT2D eigenvalue weighted by atomic mass is 19.1. The van der Waals surface area contributed by atoms with Crippen molar-refractivity contribution in [3.8, 4) is 0 Å². The van der Waals surface area contributed by atoms with E-state index in [1.54, 1.807) is 25.3 Å². The van der Waals surface area contributed by atoms with Gasteiger partial charge in [0.2, 0.25) is 0 Å². The molecule has 0 bridgehead atoms. The lowest BCUT2D eigenvalue weighted by Gasteiger charge is -2.21. The smallest absolute Gasteiger partial charge is 0.255 e. The molecule has 3 aromatic rings. The van der Waals surface area contributed by atoms with Gasteiger partial charge >= 0.3 is 0 Å². The molecule has 0 unspecified atom stereocenters. The summed E-state index contributed by atoms with van der Waals surface area (Å²) in [5, 5.41) is 1.14. The third-order valence-corrected chi connectivity index (χ3v) is 2.91. The first-order chi connectivity index (χ1) is 10.7. The molecule has 0 aliphatic carbocycles. The summed E-state index contributed by atoms with van der Waals surface area (Å²) in [5.41, 5.74) is 1.24. The number of anilines is 2. The van der Waals surface area contributed by atoms with E-state index in [4.69, 9.17) is 4.84 Å². The maximum Gasteiger partial charge on any atom is 0.255 e. The zero-order chi connectivity index (χ0) is 15.5. The van der Waals surface area contributed by atoms with Crippen LogP contribution in [0.2, 0.25) is 0 Å². The molecule has 3 rings (SSSR count). The van der Waals surface area contributed by atoms with Gasteiger partial charge in [-0.3, -0.25) is 9.82 Å². The first-order valence-corrected chi connectivity index (χ1v) is 6.65. The standard InChI is InChI=1S/C15H12F2N4O/c1-2-22-21(14-6-5-10(16)8-11(14)17)15-19-9-13-12(20-15)4-3-7-18-13/h3-9H,2H2,1H3. The zero-order valence-electron chi connectivity index (χ0n) is 11.7. The van der Waals surface area contributed by atoms with Crippen LogP contribution >= 0.6 is 0 Å². The third-order valence-electron chi connectivity index (χ3n) is 2.91. The van der Waals surface area contributed by atoms with Crippen molar-refractivity contribution in [3.63, 3.8) is 0 Å². The van der Waals surface area contributed by atoms with E-state index >= 15 is 0 Å². The number of hydrogen-bond acceptors (Lipinski definition) is 5. The number of halogens is 2. The molecule has 0 spiro atoms. The molecule has 112 valence electrons. The Hall–Kier alpha value is -2.67. The molecule has 0 fully saturated rings. The number of nitrogens with zero attached hydrogens (tertiary/aromatic N) is 4. The molecule has 0 radical (unpaired) electrons. The van der Waals surface area contributed by atoms with Crippen molar-refractivity contribution < 1.29 is 13.6 Å². The van der Waals surface area contributed by atoms with E-state index in [-0.39, 0.29) is 18.2 Å². The monoisotopic (exact) mass is 302 g/mol. The Morgan fingerprint density at radius 1 is 1.14 bits per heavy atom. The van der Waals surface area contributed by atoms with Crippen LogP contribution in [-0.4, -0.2) is 21.6 Å². The zero-order valence-corrected chi connectivity index (χ0v) is 11.7. The molecule has 0 aliphatic heterocycles. The minimum atomic E-state index is -0.761. The minimum absolute atomic E-state index is 0.0338. The van der Waals surface area contributed by atoms with Crippen molar-refractivity contribution in [2.24, 2.45) is 0 Å². The van der Waals surface area contributed by atoms with E-state index in [0.29, 0.717) is 11.0 Å². The molecule has 2 heterocycles. The summed E-state index contributed by atoms with van der Waals surface area (Å²) in [7, 11) is 0.